The fraction of sp³-hybridized carbons (Fsp3) is 0.308. The highest BCUT2D eigenvalue weighted by Gasteiger charge is 2.25. The Morgan fingerprint density at radius 2 is 1.89 bits per heavy atom. The van der Waals surface area contributed by atoms with Crippen LogP contribution in [-0.2, 0) is 4.74 Å². The number of hydrogen-bond acceptors (Lipinski definition) is 6. The van der Waals surface area contributed by atoms with E-state index in [9.17, 15) is 9.18 Å². The van der Waals surface area contributed by atoms with E-state index in [1.807, 2.05) is 36.4 Å². The Morgan fingerprint density at radius 1 is 1.14 bits per heavy atom. The molecule has 9 heteroatoms. The number of fused-ring (bicyclic) bond motifs is 2. The normalized spacial score (nSPS) is 14.1. The molecule has 1 aliphatic heterocycles. The van der Waals surface area contributed by atoms with Crippen molar-refractivity contribution >= 4 is 55.8 Å². The first-order valence-electron chi connectivity index (χ1n) is 11.4. The Balaban J connectivity index is 0.00000289. The number of hydrogen-bond donors (Lipinski definition) is 0. The molecule has 0 saturated carbocycles. The number of anilines is 1. The highest BCUT2D eigenvalue weighted by atomic mass is 35.5. The molecule has 1 saturated heterocycles. The van der Waals surface area contributed by atoms with Gasteiger partial charge in [0.2, 0.25) is 0 Å². The summed E-state index contributed by atoms with van der Waals surface area (Å²) in [6.07, 6.45) is 0.784. The first kappa shape index (κ1) is 25.3. The molecule has 4 aromatic rings. The summed E-state index contributed by atoms with van der Waals surface area (Å²) in [5, 5.41) is 2.53. The van der Waals surface area contributed by atoms with Crippen LogP contribution in [0.1, 0.15) is 16.8 Å². The molecule has 0 N–H and O–H groups in total. The van der Waals surface area contributed by atoms with E-state index in [2.05, 4.69) is 9.88 Å². The average Bonchev–Trinajstić information content (AvgIpc) is 3.28. The van der Waals surface area contributed by atoms with Gasteiger partial charge in [-0.15, -0.1) is 12.4 Å². The molecule has 0 radical (unpaired) electrons. The van der Waals surface area contributed by atoms with Crippen molar-refractivity contribution in [3.63, 3.8) is 0 Å². The summed E-state index contributed by atoms with van der Waals surface area (Å²) in [6.45, 7) is 4.62. The minimum atomic E-state index is -0.316. The van der Waals surface area contributed by atoms with Gasteiger partial charge in [-0.05, 0) is 47.5 Å². The zero-order chi connectivity index (χ0) is 23.5. The lowest BCUT2D eigenvalue weighted by atomic mass is 10.0. The van der Waals surface area contributed by atoms with Crippen LogP contribution in [0.5, 0.6) is 5.75 Å². The number of ether oxygens (including phenoxy) is 2. The van der Waals surface area contributed by atoms with Crippen LogP contribution in [0.25, 0.3) is 21.0 Å². The molecule has 1 aliphatic rings. The van der Waals surface area contributed by atoms with Gasteiger partial charge in [0.25, 0.3) is 5.91 Å². The molecule has 1 fully saturated rings. The largest absolute Gasteiger partial charge is 0.496 e. The maximum Gasteiger partial charge on any atom is 0.263 e. The number of nitrogens with zero attached hydrogens (tertiary/aromatic N) is 3. The van der Waals surface area contributed by atoms with Gasteiger partial charge in [-0.3, -0.25) is 14.6 Å². The van der Waals surface area contributed by atoms with Crippen molar-refractivity contribution in [2.24, 2.45) is 0 Å². The summed E-state index contributed by atoms with van der Waals surface area (Å²) in [7, 11) is 1.57. The van der Waals surface area contributed by atoms with Gasteiger partial charge in [-0.1, -0.05) is 35.6 Å². The molecule has 5 rings (SSSR count). The minimum Gasteiger partial charge on any atom is -0.496 e. The summed E-state index contributed by atoms with van der Waals surface area (Å²) in [4.78, 5) is 22.6. The average molecular weight is 516 g/mol. The van der Waals surface area contributed by atoms with Crippen molar-refractivity contribution in [2.45, 2.75) is 6.42 Å². The molecule has 1 amide bonds. The Hall–Kier alpha value is -2.78. The topological polar surface area (TPSA) is 54.9 Å². The number of halogens is 2. The van der Waals surface area contributed by atoms with E-state index in [1.165, 1.54) is 23.5 Å². The number of amides is 1. The van der Waals surface area contributed by atoms with Crippen molar-refractivity contribution in [1.82, 2.24) is 9.88 Å². The van der Waals surface area contributed by atoms with Crippen LogP contribution in [0.4, 0.5) is 9.52 Å². The van der Waals surface area contributed by atoms with Crippen LogP contribution >= 0.6 is 23.7 Å². The lowest BCUT2D eigenvalue weighted by molar-refractivity contribution is 0.0376. The number of methoxy groups -OCH3 is 1. The van der Waals surface area contributed by atoms with Gasteiger partial charge < -0.3 is 9.47 Å². The highest BCUT2D eigenvalue weighted by molar-refractivity contribution is 7.22. The van der Waals surface area contributed by atoms with E-state index in [0.717, 1.165) is 50.0 Å². The fourth-order valence-corrected chi connectivity index (χ4v) is 5.28. The van der Waals surface area contributed by atoms with E-state index in [0.29, 0.717) is 33.2 Å². The second kappa shape index (κ2) is 11.3. The summed E-state index contributed by atoms with van der Waals surface area (Å²) in [5.74, 6) is 0.0298. The van der Waals surface area contributed by atoms with E-state index in [1.54, 1.807) is 18.1 Å². The van der Waals surface area contributed by atoms with E-state index < -0.39 is 0 Å². The van der Waals surface area contributed by atoms with Gasteiger partial charge in [0.15, 0.2) is 5.13 Å². The number of carbonyl (C=O) groups is 1. The molecule has 184 valence electrons. The maximum absolute atomic E-state index is 13.9. The van der Waals surface area contributed by atoms with Crippen molar-refractivity contribution in [1.29, 1.82) is 0 Å². The molecule has 0 unspecified atom stereocenters. The predicted octanol–water partition coefficient (Wildman–Crippen LogP) is 5.39. The third-order valence-electron chi connectivity index (χ3n) is 6.07. The minimum absolute atomic E-state index is 0. The monoisotopic (exact) mass is 515 g/mol. The SMILES string of the molecule is COc1cc2ccccc2cc1C(=O)N(CCCN1CCOCC1)c1nc2ccc(F)cc2s1.Cl. The summed E-state index contributed by atoms with van der Waals surface area (Å²) >= 11 is 1.33. The summed E-state index contributed by atoms with van der Waals surface area (Å²) in [5.41, 5.74) is 1.16. The van der Waals surface area contributed by atoms with Gasteiger partial charge >= 0.3 is 0 Å². The van der Waals surface area contributed by atoms with Gasteiger partial charge in [-0.25, -0.2) is 9.37 Å². The van der Waals surface area contributed by atoms with Crippen LogP contribution in [0.2, 0.25) is 0 Å². The highest BCUT2D eigenvalue weighted by Crippen LogP contribution is 2.33. The first-order valence-corrected chi connectivity index (χ1v) is 12.2. The molecule has 0 atom stereocenters. The maximum atomic E-state index is 13.9. The van der Waals surface area contributed by atoms with Crippen LogP contribution < -0.4 is 9.64 Å². The van der Waals surface area contributed by atoms with Crippen molar-refractivity contribution in [2.75, 3.05) is 51.4 Å². The van der Waals surface area contributed by atoms with Gasteiger partial charge in [0.05, 0.1) is 36.1 Å². The number of rotatable bonds is 7. The summed E-state index contributed by atoms with van der Waals surface area (Å²) < 4.78 is 25.5. The Labute approximate surface area is 213 Å². The molecule has 1 aromatic heterocycles. The lowest BCUT2D eigenvalue weighted by Gasteiger charge is -2.28. The van der Waals surface area contributed by atoms with Crippen molar-refractivity contribution in [3.8, 4) is 5.75 Å². The molecule has 35 heavy (non-hydrogen) atoms. The zero-order valence-corrected chi connectivity index (χ0v) is 21.0. The zero-order valence-electron chi connectivity index (χ0n) is 19.4. The molecule has 2 heterocycles. The van der Waals surface area contributed by atoms with Crippen molar-refractivity contribution < 1.29 is 18.7 Å². The summed E-state index contributed by atoms with van der Waals surface area (Å²) in [6, 6.07) is 16.2. The molecule has 0 spiro atoms. The van der Waals surface area contributed by atoms with Crippen LogP contribution in [-0.4, -0.2) is 62.3 Å². The first-order chi connectivity index (χ1) is 16.6. The molecular weight excluding hydrogens is 489 g/mol. The van der Waals surface area contributed by atoms with Crippen LogP contribution in [0, 0.1) is 5.82 Å². The molecule has 0 bridgehead atoms. The molecule has 0 aliphatic carbocycles. The number of benzene rings is 3. The van der Waals surface area contributed by atoms with Gasteiger partial charge in [0, 0.05) is 26.2 Å². The lowest BCUT2D eigenvalue weighted by Crippen LogP contribution is -2.39. The third-order valence-corrected chi connectivity index (χ3v) is 7.11. The quantitative estimate of drug-likeness (QED) is 0.330. The second-order valence-electron chi connectivity index (χ2n) is 8.27. The predicted molar refractivity (Wildman–Crippen MR) is 141 cm³/mol. The second-order valence-corrected chi connectivity index (χ2v) is 9.28. The Morgan fingerprint density at radius 3 is 2.63 bits per heavy atom. The number of morpholine rings is 1. The van der Waals surface area contributed by atoms with E-state index >= 15 is 0 Å². The smallest absolute Gasteiger partial charge is 0.263 e. The number of thiazole rings is 1. The number of aromatic nitrogens is 1. The van der Waals surface area contributed by atoms with Gasteiger partial charge in [0.1, 0.15) is 11.6 Å². The van der Waals surface area contributed by atoms with Crippen LogP contribution in [0.3, 0.4) is 0 Å². The van der Waals surface area contributed by atoms with Gasteiger partial charge in [-0.2, -0.15) is 0 Å². The molecule has 6 nitrogen and oxygen atoms in total. The molecular formula is C26H27ClFN3O3S. The van der Waals surface area contributed by atoms with E-state index in [4.69, 9.17) is 9.47 Å². The molecule has 3 aromatic carbocycles. The third kappa shape index (κ3) is 5.56. The fourth-order valence-electron chi connectivity index (χ4n) is 4.26. The standard InChI is InChI=1S/C26H26FN3O3S.ClH/c1-32-23-16-19-6-3-2-5-18(19)15-21(23)25(31)30(10-4-9-29-11-13-33-14-12-29)26-28-22-8-7-20(27)17-24(22)34-26;/h2-3,5-8,15-17H,4,9-14H2,1H3;1H. The van der Waals surface area contributed by atoms with Crippen molar-refractivity contribution in [3.05, 3.63) is 66.0 Å². The van der Waals surface area contributed by atoms with Crippen LogP contribution in [0.15, 0.2) is 54.6 Å². The Kier molecular flexibility index (Phi) is 8.18. The number of carbonyl (C=O) groups excluding carboxylic acids is 1. The Bertz CT molecular complexity index is 1330. The van der Waals surface area contributed by atoms with E-state index in [-0.39, 0.29) is 24.1 Å².